The van der Waals surface area contributed by atoms with E-state index in [4.69, 9.17) is 4.42 Å². The second-order valence-electron chi connectivity index (χ2n) is 7.19. The van der Waals surface area contributed by atoms with Gasteiger partial charge in [0.1, 0.15) is 11.8 Å². The highest BCUT2D eigenvalue weighted by molar-refractivity contribution is 5.82. The zero-order chi connectivity index (χ0) is 17.8. The molecule has 3 heterocycles. The first-order chi connectivity index (χ1) is 12.8. The fourth-order valence-electron chi connectivity index (χ4n) is 3.78. The number of likely N-dealkylation sites (tertiary alicyclic amines) is 1. The van der Waals surface area contributed by atoms with E-state index in [0.717, 1.165) is 38.2 Å². The smallest absolute Gasteiger partial charge is 0.238 e. The zero-order valence-corrected chi connectivity index (χ0v) is 14.9. The lowest BCUT2D eigenvalue weighted by Crippen LogP contribution is -2.50. The summed E-state index contributed by atoms with van der Waals surface area (Å²) in [5.74, 6) is 0.940. The van der Waals surface area contributed by atoms with E-state index < -0.39 is 0 Å². The van der Waals surface area contributed by atoms with Crippen molar-refractivity contribution in [2.24, 2.45) is 0 Å². The number of rotatable bonds is 5. The van der Waals surface area contributed by atoms with Gasteiger partial charge in [0.05, 0.1) is 12.3 Å². The lowest BCUT2D eigenvalue weighted by Gasteiger charge is -2.32. The number of furan rings is 1. The van der Waals surface area contributed by atoms with Crippen LogP contribution in [0.15, 0.2) is 53.1 Å². The number of carbonyl (C=O) groups excluding carboxylic acids is 1. The number of hydrazine groups is 1. The Morgan fingerprint density at radius 2 is 1.92 bits per heavy atom. The maximum absolute atomic E-state index is 12.5. The monoisotopic (exact) mass is 354 g/mol. The van der Waals surface area contributed by atoms with Gasteiger partial charge in [-0.2, -0.15) is 0 Å². The van der Waals surface area contributed by atoms with E-state index in [1.807, 2.05) is 18.2 Å². The number of hydrogen-bond acceptors (Lipinski definition) is 5. The largest absolute Gasteiger partial charge is 0.468 e. The van der Waals surface area contributed by atoms with Gasteiger partial charge in [-0.25, -0.2) is 10.9 Å². The van der Waals surface area contributed by atoms with Crippen LogP contribution in [-0.4, -0.2) is 36.0 Å². The molecule has 26 heavy (non-hydrogen) atoms. The average molecular weight is 354 g/mol. The Hall–Kier alpha value is -2.15. The lowest BCUT2D eigenvalue weighted by molar-refractivity contribution is -0.123. The van der Waals surface area contributed by atoms with Crippen LogP contribution in [0.1, 0.15) is 36.6 Å². The van der Waals surface area contributed by atoms with Crippen molar-refractivity contribution in [3.05, 3.63) is 60.1 Å². The van der Waals surface area contributed by atoms with Crippen LogP contribution in [0.3, 0.4) is 0 Å². The van der Waals surface area contributed by atoms with Crippen molar-refractivity contribution in [1.29, 1.82) is 0 Å². The summed E-state index contributed by atoms with van der Waals surface area (Å²) in [6.45, 7) is 3.02. The van der Waals surface area contributed by atoms with Crippen LogP contribution in [0.25, 0.3) is 0 Å². The second kappa shape index (κ2) is 8.03. The van der Waals surface area contributed by atoms with Crippen LogP contribution in [0.4, 0.5) is 0 Å². The summed E-state index contributed by atoms with van der Waals surface area (Å²) >= 11 is 0. The van der Waals surface area contributed by atoms with E-state index in [9.17, 15) is 4.79 Å². The molecular weight excluding hydrogens is 328 g/mol. The molecule has 6 heteroatoms. The molecule has 2 aromatic rings. The SMILES string of the molecule is O=C(NC1CCN(Cc2ccccc2)CC1)C1CC(c2ccco2)NN1. The van der Waals surface area contributed by atoms with Crippen LogP contribution < -0.4 is 16.2 Å². The highest BCUT2D eigenvalue weighted by atomic mass is 16.3. The number of hydrogen-bond donors (Lipinski definition) is 3. The van der Waals surface area contributed by atoms with E-state index in [1.165, 1.54) is 5.56 Å². The fourth-order valence-corrected chi connectivity index (χ4v) is 3.78. The molecule has 1 aromatic heterocycles. The maximum Gasteiger partial charge on any atom is 0.238 e. The number of carbonyl (C=O) groups is 1. The Morgan fingerprint density at radius 3 is 2.65 bits per heavy atom. The Balaban J connectivity index is 1.21. The first kappa shape index (κ1) is 17.3. The third-order valence-electron chi connectivity index (χ3n) is 5.29. The Morgan fingerprint density at radius 1 is 1.12 bits per heavy atom. The average Bonchev–Trinajstić information content (AvgIpc) is 3.36. The van der Waals surface area contributed by atoms with Gasteiger partial charge in [-0.1, -0.05) is 30.3 Å². The molecule has 0 bridgehead atoms. The Kier molecular flexibility index (Phi) is 5.34. The van der Waals surface area contributed by atoms with E-state index >= 15 is 0 Å². The molecule has 1 aromatic carbocycles. The van der Waals surface area contributed by atoms with Gasteiger partial charge in [0.25, 0.3) is 0 Å². The number of nitrogens with one attached hydrogen (secondary N) is 3. The van der Waals surface area contributed by atoms with Crippen LogP contribution in [0, 0.1) is 0 Å². The molecule has 2 atom stereocenters. The van der Waals surface area contributed by atoms with E-state index in [-0.39, 0.29) is 24.0 Å². The van der Waals surface area contributed by atoms with Crippen molar-refractivity contribution < 1.29 is 9.21 Å². The van der Waals surface area contributed by atoms with Gasteiger partial charge in [0, 0.05) is 25.7 Å². The fraction of sp³-hybridized carbons (Fsp3) is 0.450. The van der Waals surface area contributed by atoms with Crippen LogP contribution >= 0.6 is 0 Å². The van der Waals surface area contributed by atoms with Crippen molar-refractivity contribution in [3.63, 3.8) is 0 Å². The predicted octanol–water partition coefficient (Wildman–Crippen LogP) is 1.97. The van der Waals surface area contributed by atoms with Gasteiger partial charge in [0.2, 0.25) is 5.91 Å². The first-order valence-corrected chi connectivity index (χ1v) is 9.39. The van der Waals surface area contributed by atoms with E-state index in [1.54, 1.807) is 6.26 Å². The minimum Gasteiger partial charge on any atom is -0.468 e. The number of amides is 1. The molecule has 2 fully saturated rings. The van der Waals surface area contributed by atoms with Crippen LogP contribution in [0.2, 0.25) is 0 Å². The molecule has 0 radical (unpaired) electrons. The highest BCUT2D eigenvalue weighted by Crippen LogP contribution is 2.23. The molecular formula is C20H26N4O2. The summed E-state index contributed by atoms with van der Waals surface area (Å²) in [5, 5.41) is 3.21. The molecule has 6 nitrogen and oxygen atoms in total. The van der Waals surface area contributed by atoms with Gasteiger partial charge in [-0.15, -0.1) is 0 Å². The van der Waals surface area contributed by atoms with Gasteiger partial charge < -0.3 is 9.73 Å². The molecule has 0 spiro atoms. The molecule has 2 aliphatic rings. The van der Waals surface area contributed by atoms with Crippen LogP contribution in [0.5, 0.6) is 0 Å². The van der Waals surface area contributed by atoms with E-state index in [2.05, 4.69) is 45.3 Å². The minimum absolute atomic E-state index is 0.0495. The minimum atomic E-state index is -0.215. The van der Waals surface area contributed by atoms with Crippen molar-refractivity contribution in [3.8, 4) is 0 Å². The topological polar surface area (TPSA) is 69.5 Å². The summed E-state index contributed by atoms with van der Waals surface area (Å²) < 4.78 is 5.42. The summed E-state index contributed by atoms with van der Waals surface area (Å²) in [7, 11) is 0. The number of benzene rings is 1. The van der Waals surface area contributed by atoms with Gasteiger partial charge in [-0.3, -0.25) is 9.69 Å². The van der Waals surface area contributed by atoms with Crippen molar-refractivity contribution in [2.45, 2.75) is 43.9 Å². The molecule has 0 saturated carbocycles. The molecule has 4 rings (SSSR count). The third kappa shape index (κ3) is 4.15. The standard InChI is InChI=1S/C20H26N4O2/c25-20(18-13-17(22-23-18)19-7-4-12-26-19)21-16-8-10-24(11-9-16)14-15-5-2-1-3-6-15/h1-7,12,16-18,22-23H,8-11,13-14H2,(H,21,25). The zero-order valence-electron chi connectivity index (χ0n) is 14.9. The van der Waals surface area contributed by atoms with Crippen molar-refractivity contribution >= 4 is 5.91 Å². The molecule has 0 aliphatic carbocycles. The van der Waals surface area contributed by atoms with Crippen LogP contribution in [-0.2, 0) is 11.3 Å². The molecule has 1 amide bonds. The lowest BCUT2D eigenvalue weighted by atomic mass is 10.0. The van der Waals surface area contributed by atoms with Crippen molar-refractivity contribution in [2.75, 3.05) is 13.1 Å². The number of nitrogens with zero attached hydrogens (tertiary/aromatic N) is 1. The molecule has 2 aliphatic heterocycles. The predicted molar refractivity (Wildman–Crippen MR) is 99.0 cm³/mol. The Bertz CT molecular complexity index is 696. The normalized spacial score (nSPS) is 24.6. The van der Waals surface area contributed by atoms with E-state index in [0.29, 0.717) is 6.42 Å². The summed E-state index contributed by atoms with van der Waals surface area (Å²) in [6.07, 6.45) is 4.36. The first-order valence-electron chi connectivity index (χ1n) is 9.39. The highest BCUT2D eigenvalue weighted by Gasteiger charge is 2.32. The molecule has 3 N–H and O–H groups in total. The molecule has 2 unspecified atom stereocenters. The second-order valence-corrected chi connectivity index (χ2v) is 7.19. The molecule has 138 valence electrons. The summed E-state index contributed by atoms with van der Waals surface area (Å²) in [4.78, 5) is 15.0. The van der Waals surface area contributed by atoms with Gasteiger partial charge in [0.15, 0.2) is 0 Å². The quantitative estimate of drug-likeness (QED) is 0.766. The van der Waals surface area contributed by atoms with Gasteiger partial charge in [-0.05, 0) is 37.0 Å². The maximum atomic E-state index is 12.5. The number of piperidine rings is 1. The summed E-state index contributed by atoms with van der Waals surface area (Å²) in [6, 6.07) is 14.5. The molecule has 2 saturated heterocycles. The van der Waals surface area contributed by atoms with Crippen molar-refractivity contribution in [1.82, 2.24) is 21.1 Å². The van der Waals surface area contributed by atoms with Gasteiger partial charge >= 0.3 is 0 Å². The Labute approximate surface area is 153 Å². The summed E-state index contributed by atoms with van der Waals surface area (Å²) in [5.41, 5.74) is 7.59. The third-order valence-corrected chi connectivity index (χ3v) is 5.29.